The van der Waals surface area contributed by atoms with Crippen LogP contribution in [0, 0.1) is 5.82 Å². The summed E-state index contributed by atoms with van der Waals surface area (Å²) in [5, 5.41) is 3.50. The third-order valence-corrected chi connectivity index (χ3v) is 8.36. The number of benzene rings is 3. The van der Waals surface area contributed by atoms with Crippen molar-refractivity contribution in [1.82, 2.24) is 0 Å². The van der Waals surface area contributed by atoms with Crippen LogP contribution in [0.2, 0.25) is 0 Å². The number of halogens is 2. The topological polar surface area (TPSA) is 66.5 Å². The van der Waals surface area contributed by atoms with E-state index in [1.54, 1.807) is 49.4 Å². The number of sulfonamides is 1. The third-order valence-electron chi connectivity index (χ3n) is 4.80. The van der Waals surface area contributed by atoms with E-state index in [4.69, 9.17) is 0 Å². The second-order valence-corrected chi connectivity index (χ2v) is 10.8. The van der Waals surface area contributed by atoms with Crippen molar-refractivity contribution < 1.29 is 17.6 Å². The second kappa shape index (κ2) is 9.01. The first-order chi connectivity index (χ1) is 15.3. The molecule has 0 unspecified atom stereocenters. The number of nitrogens with zero attached hydrogens (tertiary/aromatic N) is 1. The fourth-order valence-corrected chi connectivity index (χ4v) is 5.92. The van der Waals surface area contributed by atoms with Gasteiger partial charge in [0, 0.05) is 21.4 Å². The zero-order valence-electron chi connectivity index (χ0n) is 16.9. The number of thiophene rings is 1. The maximum absolute atomic E-state index is 13.2. The van der Waals surface area contributed by atoms with Crippen LogP contribution in [-0.2, 0) is 10.0 Å². The summed E-state index contributed by atoms with van der Waals surface area (Å²) >= 11 is 4.62. The minimum atomic E-state index is -3.74. The first kappa shape index (κ1) is 22.4. The number of anilines is 2. The van der Waals surface area contributed by atoms with Crippen LogP contribution in [0.4, 0.5) is 15.8 Å². The summed E-state index contributed by atoms with van der Waals surface area (Å²) in [6, 6.07) is 19.1. The Bertz CT molecular complexity index is 1390. The molecule has 3 aromatic carbocycles. The van der Waals surface area contributed by atoms with E-state index in [1.807, 2.05) is 6.07 Å². The normalized spacial score (nSPS) is 11.5. The van der Waals surface area contributed by atoms with Gasteiger partial charge < -0.3 is 5.32 Å². The molecule has 1 N–H and O–H groups in total. The van der Waals surface area contributed by atoms with E-state index in [2.05, 4.69) is 21.2 Å². The molecule has 0 radical (unpaired) electrons. The molecule has 1 amide bonds. The monoisotopic (exact) mass is 532 g/mol. The van der Waals surface area contributed by atoms with Gasteiger partial charge in [-0.2, -0.15) is 0 Å². The molecule has 4 rings (SSSR count). The lowest BCUT2D eigenvalue weighted by molar-refractivity contribution is 0.103. The molecule has 0 saturated heterocycles. The highest BCUT2D eigenvalue weighted by atomic mass is 79.9. The number of hydrogen-bond acceptors (Lipinski definition) is 4. The number of hydrogen-bond donors (Lipinski definition) is 1. The molecular formula is C23H18BrFN2O3S2. The maximum atomic E-state index is 13.2. The number of nitrogens with one attached hydrogen (secondary N) is 1. The Hall–Kier alpha value is -2.75. The van der Waals surface area contributed by atoms with Gasteiger partial charge in [-0.1, -0.05) is 15.9 Å². The molecule has 0 aliphatic rings. The smallest absolute Gasteiger partial charge is 0.265 e. The Labute approximate surface area is 197 Å². The Balaban J connectivity index is 1.63. The Kier molecular flexibility index (Phi) is 6.32. The van der Waals surface area contributed by atoms with Crippen LogP contribution >= 0.6 is 27.3 Å². The zero-order valence-corrected chi connectivity index (χ0v) is 20.1. The van der Waals surface area contributed by atoms with Crippen molar-refractivity contribution in [1.29, 1.82) is 0 Å². The average molecular weight is 533 g/mol. The minimum absolute atomic E-state index is 0.201. The highest BCUT2D eigenvalue weighted by Gasteiger charge is 2.24. The molecule has 0 aliphatic heterocycles. The SMILES string of the molecule is CCN(c1ccc2sc(C(=O)Nc3ccc(F)cc3)cc2c1)S(=O)(=O)c1ccc(Br)cc1. The number of rotatable bonds is 6. The van der Waals surface area contributed by atoms with Gasteiger partial charge in [0.05, 0.1) is 15.5 Å². The molecule has 0 fully saturated rings. The van der Waals surface area contributed by atoms with Gasteiger partial charge in [-0.3, -0.25) is 9.10 Å². The predicted molar refractivity (Wildman–Crippen MR) is 131 cm³/mol. The zero-order chi connectivity index (χ0) is 22.9. The van der Waals surface area contributed by atoms with Crippen molar-refractivity contribution in [2.24, 2.45) is 0 Å². The Morgan fingerprint density at radius 3 is 2.38 bits per heavy atom. The van der Waals surface area contributed by atoms with Gasteiger partial charge in [0.2, 0.25) is 0 Å². The van der Waals surface area contributed by atoms with Crippen LogP contribution < -0.4 is 9.62 Å². The molecule has 0 spiro atoms. The second-order valence-electron chi connectivity index (χ2n) is 6.92. The van der Waals surface area contributed by atoms with E-state index >= 15 is 0 Å². The molecule has 32 heavy (non-hydrogen) atoms. The summed E-state index contributed by atoms with van der Waals surface area (Å²) in [5.41, 5.74) is 1.01. The standard InChI is InChI=1S/C23H18BrFN2O3S2/c1-2-27(32(29,30)20-10-3-16(24)4-11-20)19-9-12-21-15(13-19)14-22(31-21)23(28)26-18-7-5-17(25)6-8-18/h3-14H,2H2,1H3,(H,26,28). The van der Waals surface area contributed by atoms with Crippen molar-refractivity contribution in [2.75, 3.05) is 16.2 Å². The molecule has 1 aromatic heterocycles. The van der Waals surface area contributed by atoms with Gasteiger partial charge in [0.25, 0.3) is 15.9 Å². The molecule has 1 heterocycles. The lowest BCUT2D eigenvalue weighted by Crippen LogP contribution is -2.30. The van der Waals surface area contributed by atoms with E-state index in [-0.39, 0.29) is 23.2 Å². The predicted octanol–water partition coefficient (Wildman–Crippen LogP) is 6.27. The number of carbonyl (C=O) groups is 1. The van der Waals surface area contributed by atoms with Gasteiger partial charge in [-0.15, -0.1) is 11.3 Å². The van der Waals surface area contributed by atoms with Gasteiger partial charge in [0.1, 0.15) is 5.82 Å². The van der Waals surface area contributed by atoms with E-state index < -0.39 is 10.0 Å². The fourth-order valence-electron chi connectivity index (χ4n) is 3.25. The summed E-state index contributed by atoms with van der Waals surface area (Å²) in [5.74, 6) is -0.690. The van der Waals surface area contributed by atoms with E-state index in [9.17, 15) is 17.6 Å². The molecule has 0 aliphatic carbocycles. The van der Waals surface area contributed by atoms with Gasteiger partial charge in [-0.25, -0.2) is 12.8 Å². The van der Waals surface area contributed by atoms with Crippen LogP contribution in [0.15, 0.2) is 82.2 Å². The van der Waals surface area contributed by atoms with Crippen LogP contribution in [-0.4, -0.2) is 20.9 Å². The largest absolute Gasteiger partial charge is 0.321 e. The van der Waals surface area contributed by atoms with Gasteiger partial charge >= 0.3 is 0 Å². The van der Waals surface area contributed by atoms with E-state index in [0.717, 1.165) is 14.6 Å². The minimum Gasteiger partial charge on any atom is -0.321 e. The Morgan fingerprint density at radius 1 is 1.03 bits per heavy atom. The summed E-state index contributed by atoms with van der Waals surface area (Å²) in [6.07, 6.45) is 0. The van der Waals surface area contributed by atoms with Crippen molar-refractivity contribution in [2.45, 2.75) is 11.8 Å². The summed E-state index contributed by atoms with van der Waals surface area (Å²) in [7, 11) is -3.74. The highest BCUT2D eigenvalue weighted by molar-refractivity contribution is 9.10. The lowest BCUT2D eigenvalue weighted by Gasteiger charge is -2.23. The number of amides is 1. The van der Waals surface area contributed by atoms with Crippen molar-refractivity contribution in [3.8, 4) is 0 Å². The molecule has 164 valence electrons. The molecule has 0 bridgehead atoms. The fraction of sp³-hybridized carbons (Fsp3) is 0.0870. The molecule has 0 saturated carbocycles. The molecule has 9 heteroatoms. The molecule has 4 aromatic rings. The average Bonchev–Trinajstić information content (AvgIpc) is 3.20. The molecule has 5 nitrogen and oxygen atoms in total. The first-order valence-electron chi connectivity index (χ1n) is 9.67. The van der Waals surface area contributed by atoms with Crippen molar-refractivity contribution in [3.05, 3.63) is 88.0 Å². The number of fused-ring (bicyclic) bond motifs is 1. The lowest BCUT2D eigenvalue weighted by atomic mass is 10.2. The van der Waals surface area contributed by atoms with E-state index in [0.29, 0.717) is 16.3 Å². The van der Waals surface area contributed by atoms with Gasteiger partial charge in [0.15, 0.2) is 0 Å². The molecular weight excluding hydrogens is 515 g/mol. The van der Waals surface area contributed by atoms with E-state index in [1.165, 1.54) is 39.9 Å². The van der Waals surface area contributed by atoms with Crippen LogP contribution in [0.25, 0.3) is 10.1 Å². The van der Waals surface area contributed by atoms with Crippen molar-refractivity contribution >= 4 is 64.7 Å². The van der Waals surface area contributed by atoms with Crippen LogP contribution in [0.1, 0.15) is 16.6 Å². The Morgan fingerprint density at radius 2 is 1.72 bits per heavy atom. The highest BCUT2D eigenvalue weighted by Crippen LogP contribution is 2.32. The first-order valence-corrected chi connectivity index (χ1v) is 12.7. The molecule has 0 atom stereocenters. The number of carbonyl (C=O) groups excluding carboxylic acids is 1. The van der Waals surface area contributed by atoms with Crippen LogP contribution in [0.3, 0.4) is 0 Å². The quantitative estimate of drug-likeness (QED) is 0.318. The van der Waals surface area contributed by atoms with Crippen LogP contribution in [0.5, 0.6) is 0 Å². The maximum Gasteiger partial charge on any atom is 0.265 e. The van der Waals surface area contributed by atoms with Crippen molar-refractivity contribution in [3.63, 3.8) is 0 Å². The third kappa shape index (κ3) is 4.55. The summed E-state index contributed by atoms with van der Waals surface area (Å²) < 4.78 is 42.4. The van der Waals surface area contributed by atoms with Gasteiger partial charge in [-0.05, 0) is 85.1 Å². The summed E-state index contributed by atoms with van der Waals surface area (Å²) in [4.78, 5) is 13.3. The summed E-state index contributed by atoms with van der Waals surface area (Å²) in [6.45, 7) is 2.03.